The van der Waals surface area contributed by atoms with Crippen molar-refractivity contribution in [3.05, 3.63) is 29.3 Å². The van der Waals surface area contributed by atoms with Gasteiger partial charge in [0.25, 0.3) is 0 Å². The molecule has 0 radical (unpaired) electrons. The Morgan fingerprint density at radius 1 is 1.28 bits per heavy atom. The zero-order valence-electron chi connectivity index (χ0n) is 10.3. The van der Waals surface area contributed by atoms with Crippen LogP contribution in [0, 0.1) is 28.6 Å². The molecule has 0 bridgehead atoms. The van der Waals surface area contributed by atoms with Crippen molar-refractivity contribution in [1.29, 1.82) is 10.5 Å². The maximum Gasteiger partial charge on any atom is 0.241 e. The van der Waals surface area contributed by atoms with Gasteiger partial charge in [-0.3, -0.25) is 4.79 Å². The molecule has 1 aromatic rings. The minimum atomic E-state index is -0.605. The minimum absolute atomic E-state index is 0.0267. The molecule has 0 fully saturated rings. The first-order valence-electron chi connectivity index (χ1n) is 5.50. The molecular formula is C13H14N4O. The van der Waals surface area contributed by atoms with Crippen LogP contribution in [0.25, 0.3) is 0 Å². The van der Waals surface area contributed by atoms with Crippen molar-refractivity contribution in [1.82, 2.24) is 0 Å². The third-order valence-electron chi connectivity index (χ3n) is 2.55. The van der Waals surface area contributed by atoms with Gasteiger partial charge < -0.3 is 11.1 Å². The van der Waals surface area contributed by atoms with Crippen molar-refractivity contribution < 1.29 is 4.79 Å². The summed E-state index contributed by atoms with van der Waals surface area (Å²) in [6.07, 6.45) is 0. The molecule has 0 heterocycles. The molecule has 0 aromatic heterocycles. The zero-order chi connectivity index (χ0) is 13.7. The van der Waals surface area contributed by atoms with Crippen molar-refractivity contribution in [2.45, 2.75) is 19.9 Å². The van der Waals surface area contributed by atoms with Crippen LogP contribution in [0.5, 0.6) is 0 Å². The van der Waals surface area contributed by atoms with E-state index in [1.165, 1.54) is 12.1 Å². The third-order valence-corrected chi connectivity index (χ3v) is 2.55. The lowest BCUT2D eigenvalue weighted by Gasteiger charge is -2.15. The van der Waals surface area contributed by atoms with Gasteiger partial charge >= 0.3 is 0 Å². The fourth-order valence-electron chi connectivity index (χ4n) is 1.34. The molecule has 0 aliphatic carbocycles. The molecule has 5 nitrogen and oxygen atoms in total. The molecule has 0 unspecified atom stereocenters. The molecule has 18 heavy (non-hydrogen) atoms. The van der Waals surface area contributed by atoms with Gasteiger partial charge in [0.05, 0.1) is 17.2 Å². The second-order valence-corrected chi connectivity index (χ2v) is 4.24. The van der Waals surface area contributed by atoms with E-state index < -0.39 is 6.04 Å². The van der Waals surface area contributed by atoms with E-state index in [-0.39, 0.29) is 23.0 Å². The van der Waals surface area contributed by atoms with Crippen LogP contribution in [0.2, 0.25) is 0 Å². The predicted molar refractivity (Wildman–Crippen MR) is 67.3 cm³/mol. The van der Waals surface area contributed by atoms with E-state index in [1.54, 1.807) is 6.07 Å². The maximum absolute atomic E-state index is 11.7. The Morgan fingerprint density at radius 2 is 1.89 bits per heavy atom. The Hall–Kier alpha value is -2.37. The molecule has 0 spiro atoms. The molecule has 1 amide bonds. The maximum atomic E-state index is 11.7. The topological polar surface area (TPSA) is 103 Å². The average molecular weight is 242 g/mol. The van der Waals surface area contributed by atoms with Crippen molar-refractivity contribution in [3.63, 3.8) is 0 Å². The second kappa shape index (κ2) is 5.81. The summed E-state index contributed by atoms with van der Waals surface area (Å²) in [5, 5.41) is 20.3. The molecule has 1 aromatic carbocycles. The summed E-state index contributed by atoms with van der Waals surface area (Å²) in [5.74, 6) is -0.280. The molecule has 3 N–H and O–H groups in total. The van der Waals surface area contributed by atoms with E-state index in [0.29, 0.717) is 5.69 Å². The summed E-state index contributed by atoms with van der Waals surface area (Å²) in [7, 11) is 0. The number of rotatable bonds is 3. The number of nitrogens with one attached hydrogen (secondary N) is 1. The SMILES string of the molecule is CC(C)[C@H](N)C(=O)Nc1ccc(C#N)c(C#N)c1. The Balaban J connectivity index is 2.91. The molecule has 0 aliphatic heterocycles. The monoisotopic (exact) mass is 242 g/mol. The van der Waals surface area contributed by atoms with Crippen LogP contribution in [0.15, 0.2) is 18.2 Å². The van der Waals surface area contributed by atoms with Crippen LogP contribution in [0.1, 0.15) is 25.0 Å². The molecule has 5 heteroatoms. The first kappa shape index (κ1) is 13.7. The number of carbonyl (C=O) groups is 1. The summed E-state index contributed by atoms with van der Waals surface area (Å²) >= 11 is 0. The first-order valence-corrected chi connectivity index (χ1v) is 5.50. The average Bonchev–Trinajstić information content (AvgIpc) is 2.37. The fourth-order valence-corrected chi connectivity index (χ4v) is 1.34. The van der Waals surface area contributed by atoms with Gasteiger partial charge in [0, 0.05) is 5.69 Å². The van der Waals surface area contributed by atoms with Gasteiger partial charge in [0.2, 0.25) is 5.91 Å². The van der Waals surface area contributed by atoms with E-state index >= 15 is 0 Å². The van der Waals surface area contributed by atoms with E-state index in [0.717, 1.165) is 0 Å². The molecule has 0 saturated heterocycles. The Kier molecular flexibility index (Phi) is 4.42. The number of hydrogen-bond acceptors (Lipinski definition) is 4. The number of anilines is 1. The Labute approximate surface area is 106 Å². The number of amides is 1. The summed E-state index contributed by atoms with van der Waals surface area (Å²) in [5.41, 5.74) is 6.68. The van der Waals surface area contributed by atoms with Crippen molar-refractivity contribution in [2.75, 3.05) is 5.32 Å². The number of hydrogen-bond donors (Lipinski definition) is 2. The van der Waals surface area contributed by atoms with Gasteiger partial charge in [-0.2, -0.15) is 10.5 Å². The zero-order valence-corrected chi connectivity index (χ0v) is 10.3. The Bertz CT molecular complexity index is 537. The highest BCUT2D eigenvalue weighted by Gasteiger charge is 2.17. The summed E-state index contributed by atoms with van der Waals surface area (Å²) in [6.45, 7) is 3.70. The number of nitriles is 2. The fraction of sp³-hybridized carbons (Fsp3) is 0.308. The highest BCUT2D eigenvalue weighted by molar-refractivity contribution is 5.95. The molecular weight excluding hydrogens is 228 g/mol. The molecule has 1 rings (SSSR count). The highest BCUT2D eigenvalue weighted by atomic mass is 16.2. The predicted octanol–water partition coefficient (Wildman–Crippen LogP) is 1.35. The van der Waals surface area contributed by atoms with E-state index in [4.69, 9.17) is 16.3 Å². The number of nitrogens with two attached hydrogens (primary N) is 1. The number of benzene rings is 1. The van der Waals surface area contributed by atoms with Crippen LogP contribution in [-0.4, -0.2) is 11.9 Å². The van der Waals surface area contributed by atoms with Crippen LogP contribution in [0.4, 0.5) is 5.69 Å². The van der Waals surface area contributed by atoms with E-state index in [2.05, 4.69) is 5.32 Å². The van der Waals surface area contributed by atoms with Gasteiger partial charge in [-0.15, -0.1) is 0 Å². The minimum Gasteiger partial charge on any atom is -0.325 e. The standard InChI is InChI=1S/C13H14N4O/c1-8(2)12(16)13(18)17-11-4-3-9(6-14)10(5-11)7-15/h3-5,8,12H,16H2,1-2H3,(H,17,18)/t12-/m0/s1. The number of nitrogens with zero attached hydrogens (tertiary/aromatic N) is 2. The lowest BCUT2D eigenvalue weighted by atomic mass is 10.0. The second-order valence-electron chi connectivity index (χ2n) is 4.24. The third kappa shape index (κ3) is 3.07. The van der Waals surface area contributed by atoms with Crippen LogP contribution in [0.3, 0.4) is 0 Å². The van der Waals surface area contributed by atoms with Gasteiger partial charge in [-0.25, -0.2) is 0 Å². The van der Waals surface area contributed by atoms with E-state index in [1.807, 2.05) is 26.0 Å². The van der Waals surface area contributed by atoms with Crippen molar-refractivity contribution in [2.24, 2.45) is 11.7 Å². The number of carbonyl (C=O) groups excluding carboxylic acids is 1. The molecule has 92 valence electrons. The lowest BCUT2D eigenvalue weighted by molar-refractivity contribution is -0.118. The van der Waals surface area contributed by atoms with Crippen LogP contribution < -0.4 is 11.1 Å². The van der Waals surface area contributed by atoms with Crippen molar-refractivity contribution >= 4 is 11.6 Å². The van der Waals surface area contributed by atoms with Gasteiger partial charge in [0.1, 0.15) is 12.1 Å². The smallest absolute Gasteiger partial charge is 0.241 e. The summed E-state index contributed by atoms with van der Waals surface area (Å²) in [6, 6.07) is 7.74. The van der Waals surface area contributed by atoms with Crippen molar-refractivity contribution in [3.8, 4) is 12.1 Å². The van der Waals surface area contributed by atoms with Crippen LogP contribution in [-0.2, 0) is 4.79 Å². The quantitative estimate of drug-likeness (QED) is 0.834. The largest absolute Gasteiger partial charge is 0.325 e. The molecule has 1 atom stereocenters. The highest BCUT2D eigenvalue weighted by Crippen LogP contribution is 2.15. The van der Waals surface area contributed by atoms with Gasteiger partial charge in [0.15, 0.2) is 0 Å². The normalized spacial score (nSPS) is 11.4. The summed E-state index contributed by atoms with van der Waals surface area (Å²) in [4.78, 5) is 11.7. The Morgan fingerprint density at radius 3 is 2.39 bits per heavy atom. The van der Waals surface area contributed by atoms with Crippen LogP contribution >= 0.6 is 0 Å². The van der Waals surface area contributed by atoms with Gasteiger partial charge in [-0.1, -0.05) is 13.8 Å². The lowest BCUT2D eigenvalue weighted by Crippen LogP contribution is -2.39. The van der Waals surface area contributed by atoms with E-state index in [9.17, 15) is 4.79 Å². The molecule has 0 saturated carbocycles. The summed E-state index contributed by atoms with van der Waals surface area (Å²) < 4.78 is 0. The first-order chi connectivity index (χ1) is 8.49. The van der Waals surface area contributed by atoms with Gasteiger partial charge in [-0.05, 0) is 24.1 Å². The molecule has 0 aliphatic rings.